The summed E-state index contributed by atoms with van der Waals surface area (Å²) in [4.78, 5) is 6.46. The van der Waals surface area contributed by atoms with Crippen LogP contribution in [-0.2, 0) is 25.4 Å². The van der Waals surface area contributed by atoms with Gasteiger partial charge in [0.25, 0.3) is 0 Å². The Balaban J connectivity index is 1.56. The minimum absolute atomic E-state index is 0.153. The zero-order valence-electron chi connectivity index (χ0n) is 14.4. The highest BCUT2D eigenvalue weighted by Crippen LogP contribution is 2.33. The summed E-state index contributed by atoms with van der Waals surface area (Å²) in [6, 6.07) is 0. The molecule has 1 fully saturated rings. The van der Waals surface area contributed by atoms with E-state index < -0.39 is 0 Å². The van der Waals surface area contributed by atoms with E-state index in [9.17, 15) is 0 Å². The van der Waals surface area contributed by atoms with Crippen molar-refractivity contribution < 1.29 is 4.74 Å². The summed E-state index contributed by atoms with van der Waals surface area (Å²) in [6.07, 6.45) is 7.13. The highest BCUT2D eigenvalue weighted by atomic mass is 16.5. The highest BCUT2D eigenvalue weighted by molar-refractivity contribution is 5.30. The van der Waals surface area contributed by atoms with E-state index in [1.54, 1.807) is 0 Å². The number of anilines is 1. The molecule has 1 N–H and O–H groups in total. The van der Waals surface area contributed by atoms with Crippen LogP contribution in [0.25, 0.3) is 0 Å². The number of nitrogens with one attached hydrogen (secondary N) is 1. The van der Waals surface area contributed by atoms with Gasteiger partial charge in [-0.15, -0.1) is 0 Å². The first-order valence-electron chi connectivity index (χ1n) is 8.05. The molecule has 0 amide bonds. The molecule has 3 rings (SSSR count). The first-order chi connectivity index (χ1) is 11.1. The standard InChI is InChI=1S/C16H26N6O/c1-20(2)16-18-10-14(22(16)4)9-17-7-12-5-6-23-15(12)13-8-19-21(3)11-13/h8,10-12,15,17H,5-7,9H2,1-4H3/t12-,15+/m0/s1. The molecule has 0 bridgehead atoms. The van der Waals surface area contributed by atoms with Gasteiger partial charge >= 0.3 is 0 Å². The Kier molecular flexibility index (Phi) is 4.68. The Morgan fingerprint density at radius 2 is 2.17 bits per heavy atom. The molecular weight excluding hydrogens is 292 g/mol. The monoisotopic (exact) mass is 318 g/mol. The maximum Gasteiger partial charge on any atom is 0.204 e. The van der Waals surface area contributed by atoms with Gasteiger partial charge in [0.1, 0.15) is 0 Å². The fraction of sp³-hybridized carbons (Fsp3) is 0.625. The molecule has 0 spiro atoms. The topological polar surface area (TPSA) is 60.1 Å². The van der Waals surface area contributed by atoms with Crippen LogP contribution in [-0.4, -0.2) is 46.6 Å². The van der Waals surface area contributed by atoms with Crippen LogP contribution in [0, 0.1) is 5.92 Å². The van der Waals surface area contributed by atoms with Crippen molar-refractivity contribution in [3.63, 3.8) is 0 Å². The third-order valence-corrected chi connectivity index (χ3v) is 4.44. The van der Waals surface area contributed by atoms with E-state index in [1.807, 2.05) is 49.3 Å². The Morgan fingerprint density at radius 1 is 1.35 bits per heavy atom. The van der Waals surface area contributed by atoms with Crippen LogP contribution in [0.4, 0.5) is 5.95 Å². The summed E-state index contributed by atoms with van der Waals surface area (Å²) < 4.78 is 9.86. The summed E-state index contributed by atoms with van der Waals surface area (Å²) in [6.45, 7) is 2.57. The number of aromatic nitrogens is 4. The molecule has 0 radical (unpaired) electrons. The number of rotatable bonds is 6. The van der Waals surface area contributed by atoms with Crippen molar-refractivity contribution in [2.45, 2.75) is 19.1 Å². The zero-order valence-corrected chi connectivity index (χ0v) is 14.4. The fourth-order valence-electron chi connectivity index (χ4n) is 3.20. The molecule has 0 unspecified atom stereocenters. The van der Waals surface area contributed by atoms with Crippen LogP contribution in [0.1, 0.15) is 23.8 Å². The van der Waals surface area contributed by atoms with Crippen molar-refractivity contribution in [2.24, 2.45) is 20.0 Å². The summed E-state index contributed by atoms with van der Waals surface area (Å²) in [7, 11) is 8.01. The van der Waals surface area contributed by atoms with Gasteiger partial charge in [-0.25, -0.2) is 4.98 Å². The van der Waals surface area contributed by atoms with Crippen LogP contribution >= 0.6 is 0 Å². The molecule has 7 nitrogen and oxygen atoms in total. The van der Waals surface area contributed by atoms with Crippen LogP contribution < -0.4 is 10.2 Å². The molecule has 0 saturated carbocycles. The van der Waals surface area contributed by atoms with Gasteiger partial charge in [0.15, 0.2) is 0 Å². The van der Waals surface area contributed by atoms with Gasteiger partial charge in [-0.2, -0.15) is 5.10 Å². The van der Waals surface area contributed by atoms with Gasteiger partial charge < -0.3 is 19.5 Å². The first-order valence-corrected chi connectivity index (χ1v) is 8.05. The predicted molar refractivity (Wildman–Crippen MR) is 89.2 cm³/mol. The number of hydrogen-bond acceptors (Lipinski definition) is 5. The van der Waals surface area contributed by atoms with Gasteiger partial charge in [-0.3, -0.25) is 4.68 Å². The molecule has 0 aliphatic carbocycles. The molecule has 1 aliphatic rings. The Labute approximate surface area is 137 Å². The summed E-state index contributed by atoms with van der Waals surface area (Å²) >= 11 is 0. The molecule has 3 heterocycles. The van der Waals surface area contributed by atoms with Crippen LogP contribution in [0.2, 0.25) is 0 Å². The lowest BCUT2D eigenvalue weighted by Crippen LogP contribution is -2.25. The van der Waals surface area contributed by atoms with E-state index in [0.29, 0.717) is 5.92 Å². The van der Waals surface area contributed by atoms with Crippen molar-refractivity contribution in [1.82, 2.24) is 24.6 Å². The maximum atomic E-state index is 5.91. The highest BCUT2D eigenvalue weighted by Gasteiger charge is 2.30. The average molecular weight is 318 g/mol. The molecular formula is C16H26N6O. The summed E-state index contributed by atoms with van der Waals surface area (Å²) in [5.74, 6) is 1.46. The van der Waals surface area contributed by atoms with Crippen molar-refractivity contribution in [3.05, 3.63) is 29.8 Å². The van der Waals surface area contributed by atoms with Crippen molar-refractivity contribution in [1.29, 1.82) is 0 Å². The van der Waals surface area contributed by atoms with Crippen LogP contribution in [0.15, 0.2) is 18.6 Å². The molecule has 0 aromatic carbocycles. The molecule has 2 aromatic rings. The second-order valence-electron chi connectivity index (χ2n) is 6.42. The van der Waals surface area contributed by atoms with Crippen molar-refractivity contribution in [3.8, 4) is 0 Å². The van der Waals surface area contributed by atoms with Gasteiger partial charge in [0.05, 0.1) is 24.2 Å². The second kappa shape index (κ2) is 6.72. The molecule has 126 valence electrons. The Morgan fingerprint density at radius 3 is 2.83 bits per heavy atom. The Bertz CT molecular complexity index is 647. The fourth-order valence-corrected chi connectivity index (χ4v) is 3.20. The number of imidazole rings is 1. The van der Waals surface area contributed by atoms with Crippen molar-refractivity contribution >= 4 is 5.95 Å². The largest absolute Gasteiger partial charge is 0.373 e. The van der Waals surface area contributed by atoms with Gasteiger partial charge in [0.2, 0.25) is 5.95 Å². The zero-order chi connectivity index (χ0) is 16.4. The van der Waals surface area contributed by atoms with Gasteiger partial charge in [0, 0.05) is 65.6 Å². The number of aryl methyl sites for hydroxylation is 1. The molecule has 2 atom stereocenters. The average Bonchev–Trinajstić information content (AvgIpc) is 3.20. The quantitative estimate of drug-likeness (QED) is 0.864. The molecule has 7 heteroatoms. The normalized spacial score (nSPS) is 21.0. The molecule has 23 heavy (non-hydrogen) atoms. The second-order valence-corrected chi connectivity index (χ2v) is 6.42. The lowest BCUT2D eigenvalue weighted by molar-refractivity contribution is 0.0903. The van der Waals surface area contributed by atoms with E-state index in [0.717, 1.165) is 32.1 Å². The number of nitrogens with zero attached hydrogens (tertiary/aromatic N) is 5. The van der Waals surface area contributed by atoms with Crippen LogP contribution in [0.5, 0.6) is 0 Å². The van der Waals surface area contributed by atoms with Gasteiger partial charge in [-0.1, -0.05) is 0 Å². The van der Waals surface area contributed by atoms with Crippen LogP contribution in [0.3, 0.4) is 0 Å². The minimum atomic E-state index is 0.153. The lowest BCUT2D eigenvalue weighted by Gasteiger charge is -2.18. The van der Waals surface area contributed by atoms with E-state index in [2.05, 4.69) is 27.0 Å². The van der Waals surface area contributed by atoms with E-state index in [1.165, 1.54) is 11.3 Å². The van der Waals surface area contributed by atoms with E-state index in [-0.39, 0.29) is 6.10 Å². The first kappa shape index (κ1) is 16.0. The smallest absolute Gasteiger partial charge is 0.204 e. The molecule has 2 aromatic heterocycles. The lowest BCUT2D eigenvalue weighted by atomic mass is 9.97. The number of ether oxygens (including phenoxy) is 1. The summed E-state index contributed by atoms with van der Waals surface area (Å²) in [5.41, 5.74) is 2.36. The maximum absolute atomic E-state index is 5.91. The third kappa shape index (κ3) is 3.40. The molecule has 1 aliphatic heterocycles. The number of hydrogen-bond donors (Lipinski definition) is 1. The third-order valence-electron chi connectivity index (χ3n) is 4.44. The van der Waals surface area contributed by atoms with E-state index in [4.69, 9.17) is 4.74 Å². The summed E-state index contributed by atoms with van der Waals surface area (Å²) in [5, 5.41) is 7.81. The van der Waals surface area contributed by atoms with Crippen molar-refractivity contribution in [2.75, 3.05) is 32.1 Å². The molecule has 1 saturated heterocycles. The minimum Gasteiger partial charge on any atom is -0.373 e. The SMILES string of the molecule is CN(C)c1ncc(CNC[C@@H]2CCO[C@H]2c2cnn(C)c2)n1C. The predicted octanol–water partition coefficient (Wildman–Crippen LogP) is 1.09. The Hall–Kier alpha value is -1.86. The van der Waals surface area contributed by atoms with E-state index >= 15 is 0 Å². The van der Waals surface area contributed by atoms with Gasteiger partial charge in [-0.05, 0) is 6.42 Å².